The molecule has 3 amide bonds. The van der Waals surface area contributed by atoms with E-state index in [-0.39, 0.29) is 43.6 Å². The van der Waals surface area contributed by atoms with Crippen LogP contribution in [0.2, 0.25) is 0 Å². The average molecular weight is 646 g/mol. The number of nitrogens with zero attached hydrogens (tertiary/aromatic N) is 3. The van der Waals surface area contributed by atoms with Gasteiger partial charge in [0.15, 0.2) is 0 Å². The van der Waals surface area contributed by atoms with Crippen LogP contribution in [0.4, 0.5) is 30.7 Å². The third-order valence-corrected chi connectivity index (χ3v) is 8.58. The summed E-state index contributed by atoms with van der Waals surface area (Å²) in [7, 11) is 1.29. The number of benzene rings is 2. The minimum Gasteiger partial charge on any atom is -0.387 e. The number of rotatable bonds is 6. The summed E-state index contributed by atoms with van der Waals surface area (Å²) in [5.41, 5.74) is -2.22. The highest BCUT2D eigenvalue weighted by atomic mass is 19.4. The average Bonchev–Trinajstić information content (AvgIpc) is 2.98. The van der Waals surface area contributed by atoms with Crippen LogP contribution in [0.15, 0.2) is 36.4 Å². The van der Waals surface area contributed by atoms with E-state index in [1.54, 1.807) is 11.8 Å². The van der Waals surface area contributed by atoms with Crippen molar-refractivity contribution in [2.75, 3.05) is 39.8 Å². The van der Waals surface area contributed by atoms with Gasteiger partial charge >= 0.3 is 12.4 Å². The minimum absolute atomic E-state index is 0.0244. The van der Waals surface area contributed by atoms with Gasteiger partial charge in [0.1, 0.15) is 12.4 Å². The molecule has 0 aliphatic carbocycles. The first-order valence-corrected chi connectivity index (χ1v) is 14.5. The van der Waals surface area contributed by atoms with Crippen molar-refractivity contribution in [3.63, 3.8) is 0 Å². The molecule has 246 valence electrons. The van der Waals surface area contributed by atoms with E-state index in [0.717, 1.165) is 4.90 Å². The second-order valence-electron chi connectivity index (χ2n) is 11.7. The topological polar surface area (TPSA) is 81.2 Å². The zero-order valence-electron chi connectivity index (χ0n) is 24.7. The fourth-order valence-corrected chi connectivity index (χ4v) is 6.33. The maximum absolute atomic E-state index is 14.0. The SMILES string of the molecule is Cc1cc(F)ccc1C1CN(C(=O)C2CCCN(C(=O)CO)C2)CCC1C(=O)N(C)Cc1cc(C(F)(F)F)cc(C(F)(F)F)c1. The molecule has 7 nitrogen and oxygen atoms in total. The number of aliphatic hydroxyl groups is 1. The molecular weight excluding hydrogens is 611 g/mol. The highest BCUT2D eigenvalue weighted by Crippen LogP contribution is 2.39. The van der Waals surface area contributed by atoms with Gasteiger partial charge in [-0.1, -0.05) is 6.07 Å². The number of aryl methyl sites for hydroxylation is 1. The normalized spacial score (nSPS) is 21.1. The van der Waals surface area contributed by atoms with Crippen LogP contribution in [-0.2, 0) is 33.3 Å². The number of hydrogen-bond acceptors (Lipinski definition) is 4. The van der Waals surface area contributed by atoms with E-state index >= 15 is 0 Å². The summed E-state index contributed by atoms with van der Waals surface area (Å²) in [4.78, 5) is 43.5. The molecule has 4 rings (SSSR count). The van der Waals surface area contributed by atoms with Crippen LogP contribution in [0.25, 0.3) is 0 Å². The molecule has 2 aliphatic rings. The molecule has 0 aromatic heterocycles. The summed E-state index contributed by atoms with van der Waals surface area (Å²) in [6.45, 7) is 1.19. The van der Waals surface area contributed by atoms with E-state index in [4.69, 9.17) is 0 Å². The first-order valence-electron chi connectivity index (χ1n) is 14.5. The Balaban J connectivity index is 1.59. The molecular formula is C31H34F7N3O4. The molecule has 2 aromatic rings. The van der Waals surface area contributed by atoms with Gasteiger partial charge in [-0.05, 0) is 73.2 Å². The fraction of sp³-hybridized carbons (Fsp3) is 0.516. The van der Waals surface area contributed by atoms with Gasteiger partial charge in [0.25, 0.3) is 0 Å². The predicted molar refractivity (Wildman–Crippen MR) is 148 cm³/mol. The van der Waals surface area contributed by atoms with Gasteiger partial charge in [-0.3, -0.25) is 14.4 Å². The minimum atomic E-state index is -5.04. The molecule has 2 aliphatic heterocycles. The zero-order chi connectivity index (χ0) is 33.3. The largest absolute Gasteiger partial charge is 0.416 e. The highest BCUT2D eigenvalue weighted by Gasteiger charge is 2.41. The second kappa shape index (κ2) is 13.4. The smallest absolute Gasteiger partial charge is 0.387 e. The van der Waals surface area contributed by atoms with Crippen LogP contribution < -0.4 is 0 Å². The van der Waals surface area contributed by atoms with Gasteiger partial charge in [-0.25, -0.2) is 4.39 Å². The monoisotopic (exact) mass is 645 g/mol. The molecule has 2 saturated heterocycles. The van der Waals surface area contributed by atoms with E-state index in [1.165, 1.54) is 30.1 Å². The summed E-state index contributed by atoms with van der Waals surface area (Å²) < 4.78 is 94.4. The van der Waals surface area contributed by atoms with Crippen molar-refractivity contribution < 1.29 is 50.2 Å². The maximum atomic E-state index is 14.0. The summed E-state index contributed by atoms with van der Waals surface area (Å²) >= 11 is 0. The van der Waals surface area contributed by atoms with Crippen molar-refractivity contribution in [2.45, 2.75) is 51.0 Å². The first-order chi connectivity index (χ1) is 21.0. The molecule has 2 fully saturated rings. The lowest BCUT2D eigenvalue weighted by atomic mass is 9.77. The van der Waals surface area contributed by atoms with Crippen LogP contribution in [0.1, 0.15) is 53.0 Å². The third kappa shape index (κ3) is 7.95. The standard InChI is InChI=1S/C31H34F7N3O4/c1-18-10-23(32)5-6-24(18)26-16-41(28(44)20-4-3-8-40(15-20)27(43)17-42)9-7-25(26)29(45)39(2)14-19-11-21(30(33,34)35)13-22(12-19)31(36,37)38/h5-6,10-13,20,25-26,42H,3-4,7-9,14-17H2,1-2H3. The van der Waals surface area contributed by atoms with Crippen LogP contribution in [0.3, 0.4) is 0 Å². The molecule has 45 heavy (non-hydrogen) atoms. The van der Waals surface area contributed by atoms with Crippen molar-refractivity contribution in [3.05, 3.63) is 70.0 Å². The van der Waals surface area contributed by atoms with Crippen molar-refractivity contribution in [1.29, 1.82) is 0 Å². The van der Waals surface area contributed by atoms with Crippen molar-refractivity contribution in [2.24, 2.45) is 11.8 Å². The Bertz CT molecular complexity index is 1400. The number of amides is 3. The molecule has 0 saturated carbocycles. The maximum Gasteiger partial charge on any atom is 0.416 e. The van der Waals surface area contributed by atoms with Gasteiger partial charge in [0.2, 0.25) is 17.7 Å². The number of halogens is 7. The lowest BCUT2D eigenvalue weighted by Gasteiger charge is -2.42. The number of aliphatic hydroxyl groups excluding tert-OH is 1. The fourth-order valence-electron chi connectivity index (χ4n) is 6.33. The Morgan fingerprint density at radius 1 is 0.911 bits per heavy atom. The Kier molecular flexibility index (Phi) is 10.1. The molecule has 1 N–H and O–H groups in total. The molecule has 3 unspecified atom stereocenters. The molecule has 2 heterocycles. The molecule has 0 radical (unpaired) electrons. The summed E-state index contributed by atoms with van der Waals surface area (Å²) in [6.07, 6.45) is -8.85. The summed E-state index contributed by atoms with van der Waals surface area (Å²) in [5.74, 6) is -3.76. The molecule has 2 aromatic carbocycles. The van der Waals surface area contributed by atoms with Gasteiger partial charge < -0.3 is 19.8 Å². The number of carbonyl (C=O) groups excluding carboxylic acids is 3. The number of piperidine rings is 2. The second-order valence-corrected chi connectivity index (χ2v) is 11.7. The van der Waals surface area contributed by atoms with Gasteiger partial charge in [-0.15, -0.1) is 0 Å². The van der Waals surface area contributed by atoms with Crippen LogP contribution >= 0.6 is 0 Å². The van der Waals surface area contributed by atoms with Gasteiger partial charge in [-0.2, -0.15) is 26.3 Å². The van der Waals surface area contributed by atoms with Crippen LogP contribution in [-0.4, -0.2) is 77.4 Å². The number of carbonyl (C=O) groups is 3. The van der Waals surface area contributed by atoms with E-state index in [0.29, 0.717) is 42.6 Å². The van der Waals surface area contributed by atoms with Crippen LogP contribution in [0, 0.1) is 24.6 Å². The van der Waals surface area contributed by atoms with Crippen molar-refractivity contribution >= 4 is 17.7 Å². The van der Waals surface area contributed by atoms with E-state index in [1.807, 2.05) is 0 Å². The van der Waals surface area contributed by atoms with Gasteiger partial charge in [0.05, 0.1) is 17.0 Å². The van der Waals surface area contributed by atoms with E-state index < -0.39 is 72.0 Å². The lowest BCUT2D eigenvalue weighted by Crippen LogP contribution is -2.52. The number of hydrogen-bond donors (Lipinski definition) is 1. The van der Waals surface area contributed by atoms with E-state index in [2.05, 4.69) is 0 Å². The first kappa shape index (κ1) is 34.2. The summed E-state index contributed by atoms with van der Waals surface area (Å²) in [6, 6.07) is 5.19. The van der Waals surface area contributed by atoms with Gasteiger partial charge in [0, 0.05) is 51.6 Å². The molecule has 0 spiro atoms. The molecule has 14 heteroatoms. The Labute approximate surface area is 255 Å². The van der Waals surface area contributed by atoms with Crippen molar-refractivity contribution in [1.82, 2.24) is 14.7 Å². The Hall–Kier alpha value is -3.68. The predicted octanol–water partition coefficient (Wildman–Crippen LogP) is 4.99. The van der Waals surface area contributed by atoms with Crippen LogP contribution in [0.5, 0.6) is 0 Å². The summed E-state index contributed by atoms with van der Waals surface area (Å²) in [5, 5.41) is 9.24. The van der Waals surface area contributed by atoms with Crippen molar-refractivity contribution in [3.8, 4) is 0 Å². The molecule has 3 atom stereocenters. The quantitative estimate of drug-likeness (QED) is 0.449. The lowest BCUT2D eigenvalue weighted by molar-refractivity contribution is -0.147. The number of likely N-dealkylation sites (tertiary alicyclic amines) is 2. The Morgan fingerprint density at radius 3 is 2.13 bits per heavy atom. The Morgan fingerprint density at radius 2 is 1.56 bits per heavy atom. The number of alkyl halides is 6. The zero-order valence-corrected chi connectivity index (χ0v) is 24.7. The third-order valence-electron chi connectivity index (χ3n) is 8.58. The molecule has 0 bridgehead atoms. The van der Waals surface area contributed by atoms with E-state index in [9.17, 15) is 50.2 Å². The highest BCUT2D eigenvalue weighted by molar-refractivity contribution is 5.83.